The van der Waals surface area contributed by atoms with Crippen LogP contribution in [0.15, 0.2) is 48.8 Å². The number of carbonyl (C=O) groups is 1. The lowest BCUT2D eigenvalue weighted by molar-refractivity contribution is 0.0947. The molecule has 98 valence electrons. The molecule has 0 radical (unpaired) electrons. The molecule has 2 aromatic rings. The van der Waals surface area contributed by atoms with Crippen LogP contribution < -0.4 is 10.1 Å². The maximum atomic E-state index is 12.1. The van der Waals surface area contributed by atoms with E-state index in [2.05, 4.69) is 10.3 Å². The van der Waals surface area contributed by atoms with Crippen LogP contribution in [0.3, 0.4) is 0 Å². The van der Waals surface area contributed by atoms with Crippen molar-refractivity contribution in [2.24, 2.45) is 0 Å². The van der Waals surface area contributed by atoms with Crippen LogP contribution in [0.4, 0.5) is 0 Å². The summed E-state index contributed by atoms with van der Waals surface area (Å²) in [7, 11) is 0. The lowest BCUT2D eigenvalue weighted by Crippen LogP contribution is -2.23. The quantitative estimate of drug-likeness (QED) is 0.893. The van der Waals surface area contributed by atoms with Gasteiger partial charge in [0.25, 0.3) is 5.91 Å². The summed E-state index contributed by atoms with van der Waals surface area (Å²) in [6, 6.07) is 11.0. The molecule has 0 bridgehead atoms. The minimum atomic E-state index is -0.145. The minimum Gasteiger partial charge on any atom is -0.493 e. The van der Waals surface area contributed by atoms with Gasteiger partial charge in [-0.3, -0.25) is 9.78 Å². The van der Waals surface area contributed by atoms with Gasteiger partial charge in [0.1, 0.15) is 5.75 Å². The van der Waals surface area contributed by atoms with Gasteiger partial charge in [-0.25, -0.2) is 0 Å². The van der Waals surface area contributed by atoms with E-state index < -0.39 is 0 Å². The molecular weight excluding hydrogens is 240 g/mol. The highest BCUT2D eigenvalue weighted by Crippen LogP contribution is 2.17. The van der Waals surface area contributed by atoms with Crippen LogP contribution in [0.1, 0.15) is 22.8 Å². The number of hydrogen-bond acceptors (Lipinski definition) is 3. The van der Waals surface area contributed by atoms with E-state index in [1.165, 1.54) is 0 Å². The number of nitrogens with one attached hydrogen (secondary N) is 1. The molecule has 0 unspecified atom stereocenters. The first kappa shape index (κ1) is 13.1. The zero-order valence-electron chi connectivity index (χ0n) is 10.8. The molecule has 4 heteroatoms. The SMILES string of the molecule is CCOc1ccccc1C(=O)NCc1cccnc1. The third-order valence-electron chi connectivity index (χ3n) is 2.61. The minimum absolute atomic E-state index is 0.145. The Kier molecular flexibility index (Phi) is 4.50. The summed E-state index contributed by atoms with van der Waals surface area (Å²) in [6.45, 7) is 2.88. The predicted molar refractivity (Wildman–Crippen MR) is 73.0 cm³/mol. The highest BCUT2D eigenvalue weighted by atomic mass is 16.5. The van der Waals surface area contributed by atoms with Gasteiger partial charge in [-0.15, -0.1) is 0 Å². The Balaban J connectivity index is 2.04. The van der Waals surface area contributed by atoms with E-state index in [1.54, 1.807) is 24.5 Å². The Morgan fingerprint density at radius 1 is 1.26 bits per heavy atom. The maximum Gasteiger partial charge on any atom is 0.255 e. The lowest BCUT2D eigenvalue weighted by atomic mass is 10.2. The summed E-state index contributed by atoms with van der Waals surface area (Å²) >= 11 is 0. The van der Waals surface area contributed by atoms with Gasteiger partial charge >= 0.3 is 0 Å². The van der Waals surface area contributed by atoms with Gasteiger partial charge in [-0.05, 0) is 30.7 Å². The second kappa shape index (κ2) is 6.54. The smallest absolute Gasteiger partial charge is 0.255 e. The molecule has 0 aliphatic heterocycles. The van der Waals surface area contributed by atoms with E-state index in [0.717, 1.165) is 5.56 Å². The third-order valence-corrected chi connectivity index (χ3v) is 2.61. The van der Waals surface area contributed by atoms with Gasteiger partial charge < -0.3 is 10.1 Å². The standard InChI is InChI=1S/C15H16N2O2/c1-2-19-14-8-4-3-7-13(14)15(18)17-11-12-6-5-9-16-10-12/h3-10H,2,11H2,1H3,(H,17,18). The van der Waals surface area contributed by atoms with E-state index in [4.69, 9.17) is 4.74 Å². The van der Waals surface area contributed by atoms with Crippen molar-refractivity contribution in [1.82, 2.24) is 10.3 Å². The van der Waals surface area contributed by atoms with Crippen LogP contribution in [-0.2, 0) is 6.54 Å². The molecule has 0 aliphatic rings. The normalized spacial score (nSPS) is 9.95. The number of benzene rings is 1. The average molecular weight is 256 g/mol. The Morgan fingerprint density at radius 2 is 2.11 bits per heavy atom. The van der Waals surface area contributed by atoms with Crippen LogP contribution >= 0.6 is 0 Å². The van der Waals surface area contributed by atoms with Crippen LogP contribution in [0.5, 0.6) is 5.75 Å². The average Bonchev–Trinajstić information content (AvgIpc) is 2.47. The van der Waals surface area contributed by atoms with Crippen molar-refractivity contribution in [2.45, 2.75) is 13.5 Å². The highest BCUT2D eigenvalue weighted by molar-refractivity contribution is 5.96. The molecule has 1 heterocycles. The fourth-order valence-corrected chi connectivity index (χ4v) is 1.72. The van der Waals surface area contributed by atoms with Crippen molar-refractivity contribution in [3.63, 3.8) is 0 Å². The molecule has 19 heavy (non-hydrogen) atoms. The molecule has 1 aromatic heterocycles. The summed E-state index contributed by atoms with van der Waals surface area (Å²) in [5.41, 5.74) is 1.51. The number of ether oxygens (including phenoxy) is 1. The molecule has 1 aromatic carbocycles. The number of para-hydroxylation sites is 1. The van der Waals surface area contributed by atoms with Crippen molar-refractivity contribution in [3.05, 3.63) is 59.9 Å². The van der Waals surface area contributed by atoms with Crippen LogP contribution in [0.2, 0.25) is 0 Å². The van der Waals surface area contributed by atoms with Crippen molar-refractivity contribution in [1.29, 1.82) is 0 Å². The third kappa shape index (κ3) is 3.55. The number of carbonyl (C=O) groups excluding carboxylic acids is 1. The van der Waals surface area contributed by atoms with Gasteiger partial charge in [0, 0.05) is 18.9 Å². The van der Waals surface area contributed by atoms with E-state index in [-0.39, 0.29) is 5.91 Å². The Bertz CT molecular complexity index is 541. The van der Waals surface area contributed by atoms with Gasteiger partial charge in [-0.2, -0.15) is 0 Å². The fourth-order valence-electron chi connectivity index (χ4n) is 1.72. The molecule has 0 aliphatic carbocycles. The Morgan fingerprint density at radius 3 is 2.84 bits per heavy atom. The number of hydrogen-bond donors (Lipinski definition) is 1. The maximum absolute atomic E-state index is 12.1. The molecule has 0 saturated heterocycles. The lowest BCUT2D eigenvalue weighted by Gasteiger charge is -2.10. The van der Waals surface area contributed by atoms with Crippen molar-refractivity contribution in [3.8, 4) is 5.75 Å². The fraction of sp³-hybridized carbons (Fsp3) is 0.200. The molecule has 0 atom stereocenters. The van der Waals surface area contributed by atoms with E-state index >= 15 is 0 Å². The first-order valence-corrected chi connectivity index (χ1v) is 6.20. The number of amides is 1. The molecule has 1 amide bonds. The van der Waals surface area contributed by atoms with E-state index in [9.17, 15) is 4.79 Å². The first-order chi connectivity index (χ1) is 9.31. The number of pyridine rings is 1. The molecule has 0 fully saturated rings. The molecule has 0 saturated carbocycles. The van der Waals surface area contributed by atoms with E-state index in [1.807, 2.05) is 31.2 Å². The second-order valence-electron chi connectivity index (χ2n) is 3.97. The van der Waals surface area contributed by atoms with Gasteiger partial charge in [0.2, 0.25) is 0 Å². The zero-order valence-corrected chi connectivity index (χ0v) is 10.8. The predicted octanol–water partition coefficient (Wildman–Crippen LogP) is 2.41. The molecule has 2 rings (SSSR count). The van der Waals surface area contributed by atoms with Crippen LogP contribution in [0, 0.1) is 0 Å². The van der Waals surface area contributed by atoms with Gasteiger partial charge in [0.05, 0.1) is 12.2 Å². The molecule has 1 N–H and O–H groups in total. The van der Waals surface area contributed by atoms with Crippen molar-refractivity contribution >= 4 is 5.91 Å². The van der Waals surface area contributed by atoms with E-state index in [0.29, 0.717) is 24.5 Å². The summed E-state index contributed by atoms with van der Waals surface area (Å²) in [5.74, 6) is 0.460. The topological polar surface area (TPSA) is 51.2 Å². The monoisotopic (exact) mass is 256 g/mol. The Labute approximate surface area is 112 Å². The largest absolute Gasteiger partial charge is 0.493 e. The van der Waals surface area contributed by atoms with Crippen LogP contribution in [-0.4, -0.2) is 17.5 Å². The number of rotatable bonds is 5. The molecular formula is C15H16N2O2. The summed E-state index contributed by atoms with van der Waals surface area (Å²) in [5, 5.41) is 2.86. The summed E-state index contributed by atoms with van der Waals surface area (Å²) in [4.78, 5) is 16.1. The van der Waals surface area contributed by atoms with Gasteiger partial charge in [-0.1, -0.05) is 18.2 Å². The van der Waals surface area contributed by atoms with Crippen molar-refractivity contribution < 1.29 is 9.53 Å². The molecule has 4 nitrogen and oxygen atoms in total. The molecule has 0 spiro atoms. The highest BCUT2D eigenvalue weighted by Gasteiger charge is 2.11. The zero-order chi connectivity index (χ0) is 13.5. The van der Waals surface area contributed by atoms with Gasteiger partial charge in [0.15, 0.2) is 0 Å². The second-order valence-corrected chi connectivity index (χ2v) is 3.97. The number of aromatic nitrogens is 1. The number of nitrogens with zero attached hydrogens (tertiary/aromatic N) is 1. The Hall–Kier alpha value is -2.36. The summed E-state index contributed by atoms with van der Waals surface area (Å²) in [6.07, 6.45) is 3.43. The van der Waals surface area contributed by atoms with Crippen molar-refractivity contribution in [2.75, 3.05) is 6.61 Å². The first-order valence-electron chi connectivity index (χ1n) is 6.20. The summed E-state index contributed by atoms with van der Waals surface area (Å²) < 4.78 is 5.44. The van der Waals surface area contributed by atoms with Crippen LogP contribution in [0.25, 0.3) is 0 Å².